The van der Waals surface area contributed by atoms with E-state index < -0.39 is 0 Å². The second kappa shape index (κ2) is 9.00. The minimum atomic E-state index is 0.810. The number of hydrogen-bond donors (Lipinski definition) is 1. The Bertz CT molecular complexity index is 157. The third-order valence-corrected chi connectivity index (χ3v) is 3.74. The molecule has 0 aliphatic carbocycles. The molecule has 0 bridgehead atoms. The lowest BCUT2D eigenvalue weighted by molar-refractivity contribution is 0.144. The van der Waals surface area contributed by atoms with Crippen LogP contribution in [0.4, 0.5) is 0 Å². The molecule has 0 aromatic heterocycles. The number of likely N-dealkylation sites (N-methyl/N-ethyl adjacent to an activating group) is 1. The Kier molecular flexibility index (Phi) is 7.87. The van der Waals surface area contributed by atoms with E-state index in [-0.39, 0.29) is 0 Å². The van der Waals surface area contributed by atoms with Crippen LogP contribution in [0.25, 0.3) is 0 Å². The highest BCUT2D eigenvalue weighted by Gasteiger charge is 2.20. The summed E-state index contributed by atoms with van der Waals surface area (Å²) < 4.78 is 0. The molecule has 0 aromatic rings. The van der Waals surface area contributed by atoms with Crippen LogP contribution in [0.5, 0.6) is 0 Å². The monoisotopic (exact) mass is 226 g/mol. The van der Waals surface area contributed by atoms with Gasteiger partial charge >= 0.3 is 0 Å². The van der Waals surface area contributed by atoms with Gasteiger partial charge < -0.3 is 5.32 Å². The van der Waals surface area contributed by atoms with Crippen LogP contribution in [0.2, 0.25) is 0 Å². The normalized spacial score (nSPS) is 22.5. The third kappa shape index (κ3) is 5.31. The Morgan fingerprint density at radius 2 is 1.94 bits per heavy atom. The standard InChI is InChI=1S/C14H30N2/c1-3-4-5-6-8-11-16-12-9-7-10-14(16)13-15-2/h14-15H,3-13H2,1-2H3. The van der Waals surface area contributed by atoms with Gasteiger partial charge in [-0.15, -0.1) is 0 Å². The van der Waals surface area contributed by atoms with Crippen molar-refractivity contribution in [2.75, 3.05) is 26.7 Å². The van der Waals surface area contributed by atoms with Crippen molar-refractivity contribution >= 4 is 0 Å². The molecule has 16 heavy (non-hydrogen) atoms. The highest BCUT2D eigenvalue weighted by molar-refractivity contribution is 4.78. The molecule has 96 valence electrons. The van der Waals surface area contributed by atoms with Crippen molar-refractivity contribution in [2.24, 2.45) is 0 Å². The fraction of sp³-hybridized carbons (Fsp3) is 1.00. The summed E-state index contributed by atoms with van der Waals surface area (Å²) >= 11 is 0. The molecule has 1 heterocycles. The van der Waals surface area contributed by atoms with E-state index in [0.29, 0.717) is 0 Å². The largest absolute Gasteiger partial charge is 0.318 e. The molecule has 0 radical (unpaired) electrons. The van der Waals surface area contributed by atoms with Gasteiger partial charge in [0.1, 0.15) is 0 Å². The molecule has 1 aliphatic heterocycles. The van der Waals surface area contributed by atoms with Gasteiger partial charge in [-0.1, -0.05) is 39.0 Å². The molecule has 1 fully saturated rings. The Morgan fingerprint density at radius 1 is 1.12 bits per heavy atom. The average Bonchev–Trinajstić information content (AvgIpc) is 2.31. The van der Waals surface area contributed by atoms with Crippen molar-refractivity contribution in [1.82, 2.24) is 10.2 Å². The van der Waals surface area contributed by atoms with Crippen molar-refractivity contribution in [3.05, 3.63) is 0 Å². The molecule has 1 unspecified atom stereocenters. The van der Waals surface area contributed by atoms with Crippen molar-refractivity contribution in [1.29, 1.82) is 0 Å². The summed E-state index contributed by atoms with van der Waals surface area (Å²) in [5, 5.41) is 3.34. The molecule has 0 amide bonds. The summed E-state index contributed by atoms with van der Waals surface area (Å²) in [5.41, 5.74) is 0. The highest BCUT2D eigenvalue weighted by Crippen LogP contribution is 2.17. The van der Waals surface area contributed by atoms with Gasteiger partial charge in [0.15, 0.2) is 0 Å². The summed E-state index contributed by atoms with van der Waals surface area (Å²) in [6.45, 7) is 6.12. The lowest BCUT2D eigenvalue weighted by atomic mass is 10.0. The van der Waals surface area contributed by atoms with Crippen LogP contribution in [0.3, 0.4) is 0 Å². The van der Waals surface area contributed by atoms with Crippen LogP contribution in [0.1, 0.15) is 58.3 Å². The van der Waals surface area contributed by atoms with Gasteiger partial charge in [-0.2, -0.15) is 0 Å². The average molecular weight is 226 g/mol. The maximum atomic E-state index is 3.34. The second-order valence-corrected chi connectivity index (χ2v) is 5.16. The first-order chi connectivity index (χ1) is 7.88. The van der Waals surface area contributed by atoms with Gasteiger partial charge in [0, 0.05) is 12.6 Å². The Morgan fingerprint density at radius 3 is 2.69 bits per heavy atom. The maximum absolute atomic E-state index is 3.34. The fourth-order valence-electron chi connectivity index (χ4n) is 2.74. The first-order valence-corrected chi connectivity index (χ1v) is 7.27. The predicted octanol–water partition coefficient (Wildman–Crippen LogP) is 3.03. The SMILES string of the molecule is CCCCCCCN1CCCCC1CNC. The van der Waals surface area contributed by atoms with E-state index >= 15 is 0 Å². The number of rotatable bonds is 8. The van der Waals surface area contributed by atoms with E-state index in [1.54, 1.807) is 0 Å². The minimum Gasteiger partial charge on any atom is -0.318 e. The topological polar surface area (TPSA) is 15.3 Å². The maximum Gasteiger partial charge on any atom is 0.0220 e. The Hall–Kier alpha value is -0.0800. The first kappa shape index (κ1) is 14.0. The zero-order chi connectivity index (χ0) is 11.6. The van der Waals surface area contributed by atoms with Crippen LogP contribution in [-0.2, 0) is 0 Å². The summed E-state index contributed by atoms with van der Waals surface area (Å²) in [4.78, 5) is 2.71. The summed E-state index contributed by atoms with van der Waals surface area (Å²) in [5.74, 6) is 0. The molecule has 0 aromatic carbocycles. The van der Waals surface area contributed by atoms with Crippen molar-refractivity contribution in [3.63, 3.8) is 0 Å². The lowest BCUT2D eigenvalue weighted by Gasteiger charge is -2.35. The molecular formula is C14H30N2. The minimum absolute atomic E-state index is 0.810. The third-order valence-electron chi connectivity index (χ3n) is 3.74. The molecule has 1 atom stereocenters. The van der Waals surface area contributed by atoms with E-state index in [9.17, 15) is 0 Å². The molecule has 0 spiro atoms. The molecule has 2 nitrogen and oxygen atoms in total. The Balaban J connectivity index is 2.11. The molecule has 2 heteroatoms. The number of nitrogens with one attached hydrogen (secondary N) is 1. The smallest absolute Gasteiger partial charge is 0.0220 e. The number of nitrogens with zero attached hydrogens (tertiary/aromatic N) is 1. The lowest BCUT2D eigenvalue weighted by Crippen LogP contribution is -2.45. The molecular weight excluding hydrogens is 196 g/mol. The van der Waals surface area contributed by atoms with Crippen molar-refractivity contribution < 1.29 is 0 Å². The van der Waals surface area contributed by atoms with E-state index in [0.717, 1.165) is 6.04 Å². The van der Waals surface area contributed by atoms with E-state index in [1.807, 2.05) is 0 Å². The van der Waals surface area contributed by atoms with Crippen LogP contribution < -0.4 is 5.32 Å². The van der Waals surface area contributed by atoms with Crippen LogP contribution in [-0.4, -0.2) is 37.6 Å². The summed E-state index contributed by atoms with van der Waals surface area (Å²) in [6.07, 6.45) is 11.3. The molecule has 1 saturated heterocycles. The number of hydrogen-bond acceptors (Lipinski definition) is 2. The van der Waals surface area contributed by atoms with E-state index in [4.69, 9.17) is 0 Å². The van der Waals surface area contributed by atoms with Crippen molar-refractivity contribution in [3.8, 4) is 0 Å². The quantitative estimate of drug-likeness (QED) is 0.640. The molecule has 0 saturated carbocycles. The fourth-order valence-corrected chi connectivity index (χ4v) is 2.74. The predicted molar refractivity (Wildman–Crippen MR) is 71.9 cm³/mol. The number of likely N-dealkylation sites (tertiary alicyclic amines) is 1. The molecule has 1 aliphatic rings. The van der Waals surface area contributed by atoms with Crippen LogP contribution in [0.15, 0.2) is 0 Å². The van der Waals surface area contributed by atoms with Gasteiger partial charge in [0.05, 0.1) is 0 Å². The van der Waals surface area contributed by atoms with E-state index in [1.165, 1.54) is 71.0 Å². The summed E-state index contributed by atoms with van der Waals surface area (Å²) in [6, 6.07) is 0.810. The van der Waals surface area contributed by atoms with Crippen LogP contribution >= 0.6 is 0 Å². The zero-order valence-electron chi connectivity index (χ0n) is 11.3. The Labute approximate surface area is 102 Å². The highest BCUT2D eigenvalue weighted by atomic mass is 15.2. The zero-order valence-corrected chi connectivity index (χ0v) is 11.3. The first-order valence-electron chi connectivity index (χ1n) is 7.27. The van der Waals surface area contributed by atoms with Crippen LogP contribution in [0, 0.1) is 0 Å². The second-order valence-electron chi connectivity index (χ2n) is 5.16. The number of piperidine rings is 1. The van der Waals surface area contributed by atoms with Gasteiger partial charge in [-0.05, 0) is 39.4 Å². The molecule has 1 N–H and O–H groups in total. The van der Waals surface area contributed by atoms with Gasteiger partial charge in [-0.25, -0.2) is 0 Å². The number of unbranched alkanes of at least 4 members (excludes halogenated alkanes) is 4. The van der Waals surface area contributed by atoms with E-state index in [2.05, 4.69) is 24.2 Å². The van der Waals surface area contributed by atoms with Gasteiger partial charge in [-0.3, -0.25) is 4.90 Å². The summed E-state index contributed by atoms with van der Waals surface area (Å²) in [7, 11) is 2.08. The van der Waals surface area contributed by atoms with Crippen molar-refractivity contribution in [2.45, 2.75) is 64.3 Å². The molecule has 1 rings (SSSR count). The van der Waals surface area contributed by atoms with Gasteiger partial charge in [0.2, 0.25) is 0 Å². The van der Waals surface area contributed by atoms with Gasteiger partial charge in [0.25, 0.3) is 0 Å².